The molecule has 4 heterocycles. The van der Waals surface area contributed by atoms with E-state index < -0.39 is 35.2 Å². The minimum atomic E-state index is -4.97. The molecule has 1 aromatic carbocycles. The number of carbonyl (C=O) groups is 1. The molecule has 2 fully saturated rings. The first kappa shape index (κ1) is 25.1. The number of nitrogens with zero attached hydrogens (tertiary/aromatic N) is 5. The van der Waals surface area contributed by atoms with E-state index in [0.29, 0.717) is 56.1 Å². The lowest BCUT2D eigenvalue weighted by Gasteiger charge is -2.43. The molecular weight excluding hydrogens is 504 g/mol. The van der Waals surface area contributed by atoms with Crippen LogP contribution in [0.3, 0.4) is 0 Å². The quantitative estimate of drug-likeness (QED) is 0.487. The molecule has 0 radical (unpaired) electrons. The molecule has 2 atom stereocenters. The van der Waals surface area contributed by atoms with Gasteiger partial charge in [-0.3, -0.25) is 9.89 Å². The number of rotatable bonds is 4. The van der Waals surface area contributed by atoms with E-state index in [4.69, 9.17) is 0 Å². The van der Waals surface area contributed by atoms with Crippen molar-refractivity contribution in [2.45, 2.75) is 50.1 Å². The molecule has 5 rings (SSSR count). The fourth-order valence-electron chi connectivity index (χ4n) is 5.04. The second-order valence-electron chi connectivity index (χ2n) is 9.24. The summed E-state index contributed by atoms with van der Waals surface area (Å²) in [5.74, 6) is 0.339. The van der Waals surface area contributed by atoms with Crippen LogP contribution in [0.1, 0.15) is 36.8 Å². The van der Waals surface area contributed by atoms with Crippen molar-refractivity contribution in [3.63, 3.8) is 0 Å². The zero-order valence-corrected chi connectivity index (χ0v) is 19.4. The van der Waals surface area contributed by atoms with E-state index in [2.05, 4.69) is 25.5 Å². The van der Waals surface area contributed by atoms with E-state index in [1.807, 2.05) is 4.90 Å². The minimum Gasteiger partial charge on any atom is -0.374 e. The Morgan fingerprint density at radius 1 is 0.946 bits per heavy atom. The van der Waals surface area contributed by atoms with Crippen molar-refractivity contribution >= 4 is 28.4 Å². The van der Waals surface area contributed by atoms with Gasteiger partial charge in [-0.25, -0.2) is 9.97 Å². The van der Waals surface area contributed by atoms with E-state index in [1.165, 1.54) is 6.33 Å². The van der Waals surface area contributed by atoms with Gasteiger partial charge in [0.25, 0.3) is 0 Å². The normalized spacial score (nSPS) is 21.5. The first-order valence-electron chi connectivity index (χ1n) is 11.8. The molecule has 2 saturated heterocycles. The van der Waals surface area contributed by atoms with Crippen LogP contribution in [0.4, 0.5) is 37.8 Å². The van der Waals surface area contributed by atoms with Gasteiger partial charge < -0.3 is 15.1 Å². The highest BCUT2D eigenvalue weighted by molar-refractivity contribution is 5.87. The summed E-state index contributed by atoms with van der Waals surface area (Å²) in [4.78, 5) is 25.6. The van der Waals surface area contributed by atoms with Crippen molar-refractivity contribution in [2.75, 3.05) is 29.9 Å². The number of aromatic nitrogens is 4. The van der Waals surface area contributed by atoms with Crippen LogP contribution in [-0.4, -0.2) is 62.7 Å². The molecule has 2 aromatic heterocycles. The smallest absolute Gasteiger partial charge is 0.374 e. The van der Waals surface area contributed by atoms with Crippen LogP contribution < -0.4 is 10.2 Å². The van der Waals surface area contributed by atoms with Crippen molar-refractivity contribution in [3.8, 4) is 0 Å². The summed E-state index contributed by atoms with van der Waals surface area (Å²) >= 11 is 0. The van der Waals surface area contributed by atoms with E-state index in [-0.39, 0.29) is 18.0 Å². The van der Waals surface area contributed by atoms with Gasteiger partial charge >= 0.3 is 12.4 Å². The molecule has 3 aromatic rings. The molecule has 2 unspecified atom stereocenters. The third-order valence-corrected chi connectivity index (χ3v) is 6.77. The highest BCUT2D eigenvalue weighted by atomic mass is 19.4. The van der Waals surface area contributed by atoms with Crippen molar-refractivity contribution in [3.05, 3.63) is 41.9 Å². The van der Waals surface area contributed by atoms with Gasteiger partial charge in [0, 0.05) is 31.4 Å². The fourth-order valence-corrected chi connectivity index (χ4v) is 5.04. The van der Waals surface area contributed by atoms with E-state index in [9.17, 15) is 31.1 Å². The van der Waals surface area contributed by atoms with Crippen molar-refractivity contribution in [1.82, 2.24) is 25.1 Å². The number of piperidine rings is 2. The third-order valence-electron chi connectivity index (χ3n) is 6.77. The lowest BCUT2D eigenvalue weighted by molar-refractivity contribution is -0.143. The summed E-state index contributed by atoms with van der Waals surface area (Å²) in [5.41, 5.74) is -2.66. The zero-order chi connectivity index (χ0) is 26.4. The number of hydrogen-bond acceptors (Lipinski definition) is 6. The van der Waals surface area contributed by atoms with Crippen LogP contribution in [0, 0.1) is 0 Å². The average Bonchev–Trinajstić information content (AvgIpc) is 3.33. The summed E-state index contributed by atoms with van der Waals surface area (Å²) in [6, 6.07) is 0.161. The summed E-state index contributed by atoms with van der Waals surface area (Å²) in [6.45, 7) is 1.65. The zero-order valence-electron chi connectivity index (χ0n) is 19.4. The first-order valence-corrected chi connectivity index (χ1v) is 11.8. The Morgan fingerprint density at radius 3 is 2.35 bits per heavy atom. The number of H-pyrrole nitrogens is 1. The molecule has 8 nitrogen and oxygen atoms in total. The standard InChI is InChI=1S/C23H23F6N7O/c24-22(25,26)13-7-14(23(27,28)29)9-15(8-13)33-18-4-2-6-36(21(18)37)16-3-1-5-35(11-16)20-17-10-32-34-19(17)30-12-31-20/h7-10,12,16,18,33H,1-6,11H2,(H,30,31,32,34). The van der Waals surface area contributed by atoms with Crippen LogP contribution >= 0.6 is 0 Å². The molecule has 198 valence electrons. The van der Waals surface area contributed by atoms with Crippen LogP contribution in [0.15, 0.2) is 30.7 Å². The maximum absolute atomic E-state index is 13.4. The number of halogens is 6. The van der Waals surface area contributed by atoms with Crippen molar-refractivity contribution < 1.29 is 31.1 Å². The Hall–Kier alpha value is -3.58. The number of anilines is 2. The number of carbonyl (C=O) groups excluding carboxylic acids is 1. The minimum absolute atomic E-state index is 0.0703. The van der Waals surface area contributed by atoms with Crippen LogP contribution in [0.5, 0.6) is 0 Å². The number of aromatic amines is 1. The van der Waals surface area contributed by atoms with Gasteiger partial charge in [0.05, 0.1) is 22.7 Å². The summed E-state index contributed by atoms with van der Waals surface area (Å²) in [6.07, 6.45) is -4.52. The molecule has 0 saturated carbocycles. The molecule has 1 amide bonds. The Morgan fingerprint density at radius 2 is 1.65 bits per heavy atom. The molecule has 0 spiro atoms. The number of alkyl halides is 6. The molecule has 14 heteroatoms. The Kier molecular flexibility index (Phi) is 6.36. The molecule has 0 aliphatic carbocycles. The SMILES string of the molecule is O=C1C(Nc2cc(C(F)(F)F)cc(C(F)(F)F)c2)CCCN1C1CCCN(c2ncnc3[nH]ncc23)C1. The summed E-state index contributed by atoms with van der Waals surface area (Å²) < 4.78 is 79.6. The number of nitrogens with one attached hydrogen (secondary N) is 2. The number of likely N-dealkylation sites (tertiary alicyclic amines) is 1. The second-order valence-corrected chi connectivity index (χ2v) is 9.24. The maximum Gasteiger partial charge on any atom is 0.416 e. The number of fused-ring (bicyclic) bond motifs is 1. The number of amides is 1. The van der Waals surface area contributed by atoms with Crippen LogP contribution in [0.2, 0.25) is 0 Å². The maximum atomic E-state index is 13.4. The second kappa shape index (κ2) is 9.38. The van der Waals surface area contributed by atoms with Crippen molar-refractivity contribution in [2.24, 2.45) is 0 Å². The van der Waals surface area contributed by atoms with E-state index in [1.54, 1.807) is 11.1 Å². The summed E-state index contributed by atoms with van der Waals surface area (Å²) in [7, 11) is 0. The van der Waals surface area contributed by atoms with Crippen LogP contribution in [-0.2, 0) is 17.1 Å². The molecule has 0 bridgehead atoms. The molecule has 37 heavy (non-hydrogen) atoms. The Bertz CT molecular complexity index is 1260. The lowest BCUT2D eigenvalue weighted by Crippen LogP contribution is -2.56. The van der Waals surface area contributed by atoms with Gasteiger partial charge in [0.15, 0.2) is 5.65 Å². The predicted molar refractivity (Wildman–Crippen MR) is 122 cm³/mol. The fraction of sp³-hybridized carbons (Fsp3) is 0.478. The number of benzene rings is 1. The predicted octanol–water partition coefficient (Wildman–Crippen LogP) is 4.46. The summed E-state index contributed by atoms with van der Waals surface area (Å²) in [5, 5.41) is 10.2. The third kappa shape index (κ3) is 5.14. The molecule has 2 aliphatic rings. The molecule has 2 N–H and O–H groups in total. The largest absolute Gasteiger partial charge is 0.416 e. The van der Waals surface area contributed by atoms with Crippen molar-refractivity contribution in [1.29, 1.82) is 0 Å². The average molecular weight is 527 g/mol. The van der Waals surface area contributed by atoms with Gasteiger partial charge in [-0.1, -0.05) is 0 Å². The Balaban J connectivity index is 1.35. The first-order chi connectivity index (χ1) is 17.5. The van der Waals surface area contributed by atoms with Gasteiger partial charge in [0.1, 0.15) is 18.2 Å². The molecule has 2 aliphatic heterocycles. The highest BCUT2D eigenvalue weighted by Crippen LogP contribution is 2.38. The van der Waals surface area contributed by atoms with E-state index in [0.717, 1.165) is 18.2 Å². The van der Waals surface area contributed by atoms with Gasteiger partial charge in [-0.05, 0) is 43.9 Å². The van der Waals surface area contributed by atoms with Gasteiger partial charge in [-0.2, -0.15) is 31.4 Å². The van der Waals surface area contributed by atoms with E-state index >= 15 is 0 Å². The highest BCUT2D eigenvalue weighted by Gasteiger charge is 2.39. The van der Waals surface area contributed by atoms with Crippen LogP contribution in [0.25, 0.3) is 11.0 Å². The monoisotopic (exact) mass is 527 g/mol. The Labute approximate surface area is 207 Å². The topological polar surface area (TPSA) is 90.0 Å². The lowest BCUT2D eigenvalue weighted by atomic mass is 9.97. The molecular formula is C23H23F6N7O. The van der Waals surface area contributed by atoms with Gasteiger partial charge in [0.2, 0.25) is 5.91 Å². The van der Waals surface area contributed by atoms with Gasteiger partial charge in [-0.15, -0.1) is 0 Å². The number of hydrogen-bond donors (Lipinski definition) is 2.